The van der Waals surface area contributed by atoms with Gasteiger partial charge in [-0.1, -0.05) is 31.5 Å². The molecule has 0 radical (unpaired) electrons. The van der Waals surface area contributed by atoms with Gasteiger partial charge in [0.2, 0.25) is 5.91 Å². The quantitative estimate of drug-likeness (QED) is 0.773. The standard InChI is InChI=1S/C20H23ClN2O3S/c1-3-14-7-12-18(21)17(4-2)20(14)22-27(25,26)16-10-8-15(9-11-16)23-13-5-6-19(23)24/h7-12,22H,3-6,13H2,1-2H3. The molecule has 27 heavy (non-hydrogen) atoms. The van der Waals surface area contributed by atoms with E-state index < -0.39 is 10.0 Å². The number of carbonyl (C=O) groups excluding carboxylic acids is 1. The highest BCUT2D eigenvalue weighted by molar-refractivity contribution is 7.92. The first-order chi connectivity index (χ1) is 12.9. The van der Waals surface area contributed by atoms with Crippen LogP contribution in [0.25, 0.3) is 0 Å². The minimum Gasteiger partial charge on any atom is -0.312 e. The summed E-state index contributed by atoms with van der Waals surface area (Å²) < 4.78 is 28.5. The highest BCUT2D eigenvalue weighted by atomic mass is 35.5. The summed E-state index contributed by atoms with van der Waals surface area (Å²) in [7, 11) is -3.76. The number of hydrogen-bond donors (Lipinski definition) is 1. The number of amides is 1. The molecule has 1 amide bonds. The fourth-order valence-corrected chi connectivity index (χ4v) is 4.78. The molecule has 0 aromatic heterocycles. The van der Waals surface area contributed by atoms with Crippen LogP contribution in [-0.2, 0) is 27.7 Å². The molecular weight excluding hydrogens is 384 g/mol. The zero-order valence-electron chi connectivity index (χ0n) is 15.5. The molecule has 1 aliphatic heterocycles. The molecule has 1 saturated heterocycles. The molecule has 0 bridgehead atoms. The van der Waals surface area contributed by atoms with E-state index in [2.05, 4.69) is 4.72 Å². The van der Waals surface area contributed by atoms with Gasteiger partial charge in [0, 0.05) is 23.7 Å². The molecule has 3 rings (SSSR count). The van der Waals surface area contributed by atoms with Gasteiger partial charge in [0.25, 0.3) is 10.0 Å². The maximum absolute atomic E-state index is 12.9. The second-order valence-corrected chi connectivity index (χ2v) is 8.61. The number of aryl methyl sites for hydroxylation is 1. The van der Waals surface area contributed by atoms with Crippen LogP contribution in [-0.4, -0.2) is 20.9 Å². The van der Waals surface area contributed by atoms with Gasteiger partial charge in [-0.25, -0.2) is 8.42 Å². The van der Waals surface area contributed by atoms with Gasteiger partial charge in [-0.05, 0) is 60.7 Å². The third-order valence-corrected chi connectivity index (χ3v) is 6.56. The molecular formula is C20H23ClN2O3S. The van der Waals surface area contributed by atoms with Crippen LogP contribution in [0, 0.1) is 0 Å². The van der Waals surface area contributed by atoms with Crippen LogP contribution in [0.3, 0.4) is 0 Å². The van der Waals surface area contributed by atoms with Crippen molar-refractivity contribution >= 4 is 38.9 Å². The summed E-state index contributed by atoms with van der Waals surface area (Å²) in [6.45, 7) is 4.59. The molecule has 7 heteroatoms. The summed E-state index contributed by atoms with van der Waals surface area (Å²) in [5, 5.41) is 0.551. The highest BCUT2D eigenvalue weighted by Crippen LogP contribution is 2.32. The monoisotopic (exact) mass is 406 g/mol. The van der Waals surface area contributed by atoms with Crippen LogP contribution < -0.4 is 9.62 Å². The molecule has 0 saturated carbocycles. The highest BCUT2D eigenvalue weighted by Gasteiger charge is 2.23. The fraction of sp³-hybridized carbons (Fsp3) is 0.350. The predicted molar refractivity (Wildman–Crippen MR) is 109 cm³/mol. The Bertz CT molecular complexity index is 956. The lowest BCUT2D eigenvalue weighted by atomic mass is 10.0. The number of halogens is 1. The van der Waals surface area contributed by atoms with E-state index in [4.69, 9.17) is 11.6 Å². The number of anilines is 2. The van der Waals surface area contributed by atoms with E-state index in [0.29, 0.717) is 36.5 Å². The van der Waals surface area contributed by atoms with Crippen molar-refractivity contribution < 1.29 is 13.2 Å². The maximum Gasteiger partial charge on any atom is 0.261 e. The van der Waals surface area contributed by atoms with Gasteiger partial charge in [0.05, 0.1) is 10.6 Å². The number of benzene rings is 2. The van der Waals surface area contributed by atoms with E-state index in [-0.39, 0.29) is 10.8 Å². The number of rotatable bonds is 6. The third kappa shape index (κ3) is 3.96. The molecule has 0 spiro atoms. The molecule has 0 atom stereocenters. The van der Waals surface area contributed by atoms with Crippen molar-refractivity contribution in [2.75, 3.05) is 16.2 Å². The smallest absolute Gasteiger partial charge is 0.261 e. The Balaban J connectivity index is 1.92. The van der Waals surface area contributed by atoms with Crippen LogP contribution in [0.2, 0.25) is 5.02 Å². The first-order valence-corrected chi connectivity index (χ1v) is 11.0. The Kier molecular flexibility index (Phi) is 5.77. The summed E-state index contributed by atoms with van der Waals surface area (Å²) in [5.41, 5.74) is 2.98. The molecule has 2 aromatic carbocycles. The summed E-state index contributed by atoms with van der Waals surface area (Å²) in [4.78, 5) is 13.7. The van der Waals surface area contributed by atoms with Crippen LogP contribution in [0.15, 0.2) is 41.3 Å². The number of hydrogen-bond acceptors (Lipinski definition) is 3. The summed E-state index contributed by atoms with van der Waals surface area (Å²) in [6.07, 6.45) is 2.68. The zero-order chi connectivity index (χ0) is 19.6. The third-order valence-electron chi connectivity index (χ3n) is 4.85. The molecule has 144 valence electrons. The van der Waals surface area contributed by atoms with Crippen LogP contribution in [0.4, 0.5) is 11.4 Å². The van der Waals surface area contributed by atoms with Gasteiger partial charge >= 0.3 is 0 Å². The van der Waals surface area contributed by atoms with Crippen LogP contribution >= 0.6 is 11.6 Å². The predicted octanol–water partition coefficient (Wildman–Crippen LogP) is 4.39. The second-order valence-electron chi connectivity index (χ2n) is 6.52. The van der Waals surface area contributed by atoms with Crippen molar-refractivity contribution in [3.05, 3.63) is 52.5 Å². The molecule has 5 nitrogen and oxygen atoms in total. The molecule has 1 heterocycles. The minimum atomic E-state index is -3.76. The van der Waals surface area contributed by atoms with Gasteiger partial charge in [-0.2, -0.15) is 0 Å². The zero-order valence-corrected chi connectivity index (χ0v) is 17.0. The van der Waals surface area contributed by atoms with Crippen molar-refractivity contribution in [1.82, 2.24) is 0 Å². The Labute approximate surface area is 165 Å². The SMILES string of the molecule is CCc1ccc(Cl)c(CC)c1NS(=O)(=O)c1ccc(N2CCCC2=O)cc1. The lowest BCUT2D eigenvalue weighted by molar-refractivity contribution is -0.117. The van der Waals surface area contributed by atoms with Gasteiger partial charge in [-0.15, -0.1) is 0 Å². The average molecular weight is 407 g/mol. The van der Waals surface area contributed by atoms with E-state index in [9.17, 15) is 13.2 Å². The Hall–Kier alpha value is -2.05. The fourth-order valence-electron chi connectivity index (χ4n) is 3.36. The average Bonchev–Trinajstić information content (AvgIpc) is 3.08. The van der Waals surface area contributed by atoms with Crippen molar-refractivity contribution in [1.29, 1.82) is 0 Å². The van der Waals surface area contributed by atoms with Gasteiger partial charge in [0.15, 0.2) is 0 Å². The van der Waals surface area contributed by atoms with Crippen molar-refractivity contribution in [2.24, 2.45) is 0 Å². The lowest BCUT2D eigenvalue weighted by Crippen LogP contribution is -2.23. The Morgan fingerprint density at radius 2 is 1.78 bits per heavy atom. The van der Waals surface area contributed by atoms with E-state index in [0.717, 1.165) is 23.2 Å². The van der Waals surface area contributed by atoms with E-state index in [1.165, 1.54) is 12.1 Å². The van der Waals surface area contributed by atoms with E-state index >= 15 is 0 Å². The number of carbonyl (C=O) groups is 1. The molecule has 2 aromatic rings. The first kappa shape index (κ1) is 19.7. The number of nitrogens with one attached hydrogen (secondary N) is 1. The van der Waals surface area contributed by atoms with Gasteiger partial charge < -0.3 is 4.90 Å². The van der Waals surface area contributed by atoms with Crippen molar-refractivity contribution in [2.45, 2.75) is 44.4 Å². The lowest BCUT2D eigenvalue weighted by Gasteiger charge is -2.18. The molecule has 1 N–H and O–H groups in total. The van der Waals surface area contributed by atoms with Gasteiger partial charge in [-0.3, -0.25) is 9.52 Å². The summed E-state index contributed by atoms with van der Waals surface area (Å²) in [6, 6.07) is 10.1. The Morgan fingerprint density at radius 3 is 2.33 bits per heavy atom. The first-order valence-electron chi connectivity index (χ1n) is 9.11. The molecule has 0 unspecified atom stereocenters. The Morgan fingerprint density at radius 1 is 1.07 bits per heavy atom. The second kappa shape index (κ2) is 7.90. The van der Waals surface area contributed by atoms with Gasteiger partial charge in [0.1, 0.15) is 0 Å². The summed E-state index contributed by atoms with van der Waals surface area (Å²) >= 11 is 6.27. The largest absolute Gasteiger partial charge is 0.312 e. The van der Waals surface area contributed by atoms with Crippen LogP contribution in [0.1, 0.15) is 37.8 Å². The molecule has 1 aliphatic rings. The maximum atomic E-state index is 12.9. The number of sulfonamides is 1. The van der Waals surface area contributed by atoms with E-state index in [1.54, 1.807) is 23.1 Å². The van der Waals surface area contributed by atoms with Crippen molar-refractivity contribution in [3.8, 4) is 0 Å². The van der Waals surface area contributed by atoms with Crippen LogP contribution in [0.5, 0.6) is 0 Å². The summed E-state index contributed by atoms with van der Waals surface area (Å²) in [5.74, 6) is 0.0721. The topological polar surface area (TPSA) is 66.5 Å². The van der Waals surface area contributed by atoms with Crippen molar-refractivity contribution in [3.63, 3.8) is 0 Å². The van der Waals surface area contributed by atoms with E-state index in [1.807, 2.05) is 19.9 Å². The molecule has 0 aliphatic carbocycles. The molecule has 1 fully saturated rings. The minimum absolute atomic E-state index is 0.0721. The number of nitrogens with zero attached hydrogens (tertiary/aromatic N) is 1. The normalized spacial score (nSPS) is 14.6.